The Morgan fingerprint density at radius 3 is 1.90 bits per heavy atom. The van der Waals surface area contributed by atoms with Crippen LogP contribution in [0.25, 0.3) is 0 Å². The van der Waals surface area contributed by atoms with Crippen molar-refractivity contribution >= 4 is 23.1 Å². The van der Waals surface area contributed by atoms with Gasteiger partial charge in [-0.3, -0.25) is 19.2 Å². The molecule has 0 spiro atoms. The molecular formula is C21H25N3O5. The van der Waals surface area contributed by atoms with Gasteiger partial charge in [-0.25, -0.2) is 0 Å². The van der Waals surface area contributed by atoms with Crippen LogP contribution in [0.3, 0.4) is 0 Å². The molecule has 0 fully saturated rings. The Hall–Kier alpha value is -2.94. The van der Waals surface area contributed by atoms with Crippen LogP contribution in [0.4, 0.5) is 0 Å². The molecule has 7 N–H and O–H groups in total. The Kier molecular flexibility index (Phi) is 7.72. The van der Waals surface area contributed by atoms with Crippen LogP contribution in [0.15, 0.2) is 47.6 Å². The first-order chi connectivity index (χ1) is 13.8. The molecule has 0 heterocycles. The summed E-state index contributed by atoms with van der Waals surface area (Å²) >= 11 is 0. The van der Waals surface area contributed by atoms with E-state index in [4.69, 9.17) is 17.2 Å². The van der Waals surface area contributed by atoms with Crippen LogP contribution in [-0.4, -0.2) is 46.9 Å². The normalized spacial score (nSPS) is 16.1. The number of benzene rings is 1. The zero-order valence-electron chi connectivity index (χ0n) is 16.0. The Labute approximate surface area is 168 Å². The molecule has 1 aliphatic carbocycles. The number of hydrogen-bond acceptors (Lipinski definition) is 8. The molecule has 0 saturated heterocycles. The molecule has 8 nitrogen and oxygen atoms in total. The van der Waals surface area contributed by atoms with Crippen molar-refractivity contribution in [2.45, 2.75) is 37.8 Å². The number of aromatic hydroxyl groups is 1. The fourth-order valence-electron chi connectivity index (χ4n) is 3.04. The minimum absolute atomic E-state index is 0.0612. The summed E-state index contributed by atoms with van der Waals surface area (Å²) in [4.78, 5) is 50.3. The maximum atomic E-state index is 12.9. The summed E-state index contributed by atoms with van der Waals surface area (Å²) in [6, 6.07) is 3.90. The van der Waals surface area contributed by atoms with Gasteiger partial charge >= 0.3 is 0 Å². The number of unbranched alkanes of at least 4 members (excludes halogenated alkanes) is 1. The van der Waals surface area contributed by atoms with E-state index in [1.165, 1.54) is 12.1 Å². The fourth-order valence-corrected chi connectivity index (χ4v) is 3.04. The Balaban J connectivity index is 2.29. The smallest absolute Gasteiger partial charge is 0.190 e. The third-order valence-corrected chi connectivity index (χ3v) is 4.66. The van der Waals surface area contributed by atoms with Crippen molar-refractivity contribution < 1.29 is 24.3 Å². The van der Waals surface area contributed by atoms with Crippen LogP contribution in [0.1, 0.15) is 24.8 Å². The highest BCUT2D eigenvalue weighted by atomic mass is 16.3. The summed E-state index contributed by atoms with van der Waals surface area (Å²) in [5.41, 5.74) is 16.9. The van der Waals surface area contributed by atoms with Gasteiger partial charge in [-0.2, -0.15) is 0 Å². The minimum Gasteiger partial charge on any atom is -0.508 e. The van der Waals surface area contributed by atoms with E-state index in [0.29, 0.717) is 24.9 Å². The lowest BCUT2D eigenvalue weighted by atomic mass is 9.84. The Morgan fingerprint density at radius 1 is 0.862 bits per heavy atom. The molecule has 1 aromatic carbocycles. The van der Waals surface area contributed by atoms with Crippen molar-refractivity contribution in [2.75, 3.05) is 6.54 Å². The van der Waals surface area contributed by atoms with Gasteiger partial charge in [0.25, 0.3) is 0 Å². The van der Waals surface area contributed by atoms with E-state index in [2.05, 4.69) is 0 Å². The van der Waals surface area contributed by atoms with Crippen LogP contribution in [0.2, 0.25) is 0 Å². The van der Waals surface area contributed by atoms with E-state index in [1.807, 2.05) is 0 Å². The lowest BCUT2D eigenvalue weighted by Gasteiger charge is -2.19. The number of Topliss-reactive ketones (excluding diaryl/α,β-unsaturated/α-hetero) is 2. The molecule has 0 radical (unpaired) electrons. The van der Waals surface area contributed by atoms with Crippen molar-refractivity contribution in [2.24, 2.45) is 17.2 Å². The topological polar surface area (TPSA) is 167 Å². The third-order valence-electron chi connectivity index (χ3n) is 4.66. The second-order valence-corrected chi connectivity index (χ2v) is 6.91. The lowest BCUT2D eigenvalue weighted by Crippen LogP contribution is -2.41. The van der Waals surface area contributed by atoms with Crippen LogP contribution in [-0.2, 0) is 25.6 Å². The van der Waals surface area contributed by atoms with Crippen molar-refractivity contribution in [1.29, 1.82) is 0 Å². The van der Waals surface area contributed by atoms with E-state index in [-0.39, 0.29) is 18.6 Å². The number of hydrogen-bond donors (Lipinski definition) is 4. The van der Waals surface area contributed by atoms with Gasteiger partial charge in [-0.1, -0.05) is 18.6 Å². The van der Waals surface area contributed by atoms with E-state index in [1.54, 1.807) is 12.1 Å². The molecule has 0 bridgehead atoms. The fraction of sp³-hybridized carbons (Fsp3) is 0.333. The van der Waals surface area contributed by atoms with Crippen molar-refractivity contribution in [3.8, 4) is 5.75 Å². The Bertz CT molecular complexity index is 871. The lowest BCUT2D eigenvalue weighted by molar-refractivity contribution is -0.125. The number of nitrogens with two attached hydrogens (primary N) is 3. The number of phenols is 1. The van der Waals surface area contributed by atoms with Gasteiger partial charge in [0, 0.05) is 0 Å². The maximum Gasteiger partial charge on any atom is 0.190 e. The predicted octanol–water partition coefficient (Wildman–Crippen LogP) is -0.139. The maximum absolute atomic E-state index is 12.9. The molecule has 2 unspecified atom stereocenters. The summed E-state index contributed by atoms with van der Waals surface area (Å²) in [5.74, 6) is -2.95. The number of carbonyl (C=O) groups is 4. The first-order valence-corrected chi connectivity index (χ1v) is 9.34. The number of rotatable bonds is 10. The summed E-state index contributed by atoms with van der Waals surface area (Å²) in [5, 5.41) is 9.34. The van der Waals surface area contributed by atoms with Gasteiger partial charge < -0.3 is 22.3 Å². The van der Waals surface area contributed by atoms with Crippen molar-refractivity contribution in [3.05, 3.63) is 53.1 Å². The van der Waals surface area contributed by atoms with Crippen LogP contribution >= 0.6 is 0 Å². The first kappa shape index (κ1) is 22.4. The zero-order valence-corrected chi connectivity index (χ0v) is 16.0. The highest BCUT2D eigenvalue weighted by Crippen LogP contribution is 2.21. The number of allylic oxidation sites excluding steroid dienone is 2. The Morgan fingerprint density at radius 2 is 1.38 bits per heavy atom. The summed E-state index contributed by atoms with van der Waals surface area (Å²) in [6.45, 7) is 0.444. The molecule has 8 heteroatoms. The molecule has 0 aliphatic heterocycles. The van der Waals surface area contributed by atoms with Gasteiger partial charge in [0.1, 0.15) is 5.75 Å². The van der Waals surface area contributed by atoms with Crippen molar-refractivity contribution in [1.82, 2.24) is 0 Å². The standard InChI is InChI=1S/C21H25N3O5/c22-10-2-1-3-14(23)20(28)18-16(26)8-9-17(27)19(18)21(29)15(24)11-12-4-6-13(25)7-5-12/h4-9,14-15,25H,1-3,10-11,22-24H2. The van der Waals surface area contributed by atoms with Gasteiger partial charge in [-0.05, 0) is 55.7 Å². The van der Waals surface area contributed by atoms with Crippen LogP contribution in [0.5, 0.6) is 5.75 Å². The van der Waals surface area contributed by atoms with Gasteiger partial charge in [-0.15, -0.1) is 0 Å². The van der Waals surface area contributed by atoms with Gasteiger partial charge in [0.05, 0.1) is 23.2 Å². The van der Waals surface area contributed by atoms with Crippen molar-refractivity contribution in [3.63, 3.8) is 0 Å². The van der Waals surface area contributed by atoms with Gasteiger partial charge in [0.2, 0.25) is 0 Å². The monoisotopic (exact) mass is 399 g/mol. The average molecular weight is 399 g/mol. The predicted molar refractivity (Wildman–Crippen MR) is 107 cm³/mol. The number of carbonyl (C=O) groups excluding carboxylic acids is 4. The molecule has 0 aromatic heterocycles. The third kappa shape index (κ3) is 5.54. The molecule has 154 valence electrons. The summed E-state index contributed by atoms with van der Waals surface area (Å²) in [7, 11) is 0. The second kappa shape index (κ2) is 10.0. The molecular weight excluding hydrogens is 374 g/mol. The summed E-state index contributed by atoms with van der Waals surface area (Å²) in [6.07, 6.45) is 3.52. The highest BCUT2D eigenvalue weighted by Gasteiger charge is 2.36. The molecule has 2 atom stereocenters. The average Bonchev–Trinajstić information content (AvgIpc) is 2.70. The molecule has 2 rings (SSSR count). The number of phenolic OH excluding ortho intramolecular Hbond substituents is 1. The van der Waals surface area contributed by atoms with Crippen LogP contribution in [0, 0.1) is 0 Å². The molecule has 1 aliphatic rings. The minimum atomic E-state index is -1.14. The van der Waals surface area contributed by atoms with E-state index >= 15 is 0 Å². The van der Waals surface area contributed by atoms with E-state index in [9.17, 15) is 24.3 Å². The SMILES string of the molecule is NCCCCC(N)C(=O)C1=C(C(=O)C(N)Cc2ccc(O)cc2)C(=O)C=CC1=O. The second-order valence-electron chi connectivity index (χ2n) is 6.91. The molecule has 1 aromatic rings. The van der Waals surface area contributed by atoms with E-state index in [0.717, 1.165) is 12.2 Å². The molecule has 29 heavy (non-hydrogen) atoms. The zero-order chi connectivity index (χ0) is 21.6. The first-order valence-electron chi connectivity index (χ1n) is 9.34. The number of ketones is 4. The van der Waals surface area contributed by atoms with Crippen LogP contribution < -0.4 is 17.2 Å². The summed E-state index contributed by atoms with van der Waals surface area (Å²) < 4.78 is 0. The molecule has 0 saturated carbocycles. The molecule has 0 amide bonds. The van der Waals surface area contributed by atoms with Gasteiger partial charge in [0.15, 0.2) is 23.1 Å². The van der Waals surface area contributed by atoms with E-state index < -0.39 is 46.4 Å². The largest absolute Gasteiger partial charge is 0.508 e. The quantitative estimate of drug-likeness (QED) is 0.240. The highest BCUT2D eigenvalue weighted by molar-refractivity contribution is 6.41.